The second-order valence-corrected chi connectivity index (χ2v) is 7.86. The molecule has 0 aromatic carbocycles. The Morgan fingerprint density at radius 1 is 1.19 bits per heavy atom. The van der Waals surface area contributed by atoms with Gasteiger partial charge in [0.25, 0.3) is 11.8 Å². The molecule has 0 fully saturated rings. The lowest BCUT2D eigenvalue weighted by Gasteiger charge is -2.09. The van der Waals surface area contributed by atoms with Gasteiger partial charge >= 0.3 is 6.18 Å². The third kappa shape index (κ3) is 4.69. The molecule has 3 heterocycles. The normalized spacial score (nSPS) is 11.9. The predicted molar refractivity (Wildman–Crippen MR) is 111 cm³/mol. The summed E-state index contributed by atoms with van der Waals surface area (Å²) < 4.78 is 42.2. The van der Waals surface area contributed by atoms with Crippen LogP contribution in [0.15, 0.2) is 12.3 Å². The minimum absolute atomic E-state index is 0.0364. The first-order valence-corrected chi connectivity index (χ1v) is 10.1. The zero-order valence-electron chi connectivity index (χ0n) is 17.7. The van der Waals surface area contributed by atoms with Crippen LogP contribution >= 0.6 is 11.6 Å². The topological polar surface area (TPSA) is 106 Å². The Kier molecular flexibility index (Phi) is 6.44. The van der Waals surface area contributed by atoms with Crippen LogP contribution in [0.1, 0.15) is 53.1 Å². The van der Waals surface area contributed by atoms with Crippen LogP contribution in [0.3, 0.4) is 0 Å². The largest absolute Gasteiger partial charge is 0.433 e. The number of anilines is 1. The lowest BCUT2D eigenvalue weighted by molar-refractivity contribution is -0.142. The van der Waals surface area contributed by atoms with Gasteiger partial charge in [-0.05, 0) is 25.8 Å². The Balaban J connectivity index is 1.98. The molecular formula is C19H21ClF3N7O2. The number of aromatic nitrogens is 5. The molecule has 0 bridgehead atoms. The average molecular weight is 472 g/mol. The van der Waals surface area contributed by atoms with E-state index in [0.717, 1.165) is 6.07 Å². The van der Waals surface area contributed by atoms with E-state index in [1.807, 2.05) is 13.8 Å². The molecule has 0 aliphatic rings. The fourth-order valence-electron chi connectivity index (χ4n) is 2.86. The van der Waals surface area contributed by atoms with Gasteiger partial charge in [-0.15, -0.1) is 0 Å². The van der Waals surface area contributed by atoms with E-state index in [1.165, 1.54) is 17.8 Å². The van der Waals surface area contributed by atoms with Gasteiger partial charge in [0.1, 0.15) is 10.7 Å². The van der Waals surface area contributed by atoms with Crippen LogP contribution in [0.4, 0.5) is 18.9 Å². The Morgan fingerprint density at radius 3 is 2.47 bits per heavy atom. The standard InChI is InChI=1S/C19H21ClF3N7O2/c1-5-29-8-11(14(27-29)17(31)24-7-9(2)3)26-18(32)15-13(20)16-25-10(4)6-12(19(21,22)23)30(16)28-15/h6,8-9H,5,7H2,1-4H3,(H,24,31)(H,26,32). The van der Waals surface area contributed by atoms with Gasteiger partial charge in [0.2, 0.25) is 0 Å². The van der Waals surface area contributed by atoms with E-state index in [4.69, 9.17) is 11.6 Å². The van der Waals surface area contributed by atoms with Crippen LogP contribution in [-0.4, -0.2) is 42.7 Å². The molecule has 0 radical (unpaired) electrons. The Bertz CT molecular complexity index is 1180. The highest BCUT2D eigenvalue weighted by Crippen LogP contribution is 2.32. The summed E-state index contributed by atoms with van der Waals surface area (Å²) >= 11 is 6.16. The number of fused-ring (bicyclic) bond motifs is 1. The molecule has 172 valence electrons. The quantitative estimate of drug-likeness (QED) is 0.571. The highest BCUT2D eigenvalue weighted by Gasteiger charge is 2.36. The maximum absolute atomic E-state index is 13.4. The molecule has 3 aromatic rings. The highest BCUT2D eigenvalue weighted by atomic mass is 35.5. The Morgan fingerprint density at radius 2 is 1.88 bits per heavy atom. The molecule has 13 heteroatoms. The van der Waals surface area contributed by atoms with Crippen molar-refractivity contribution < 1.29 is 22.8 Å². The summed E-state index contributed by atoms with van der Waals surface area (Å²) in [6.07, 6.45) is -3.30. The minimum Gasteiger partial charge on any atom is -0.350 e. The maximum Gasteiger partial charge on any atom is 0.433 e. The molecule has 0 saturated heterocycles. The van der Waals surface area contributed by atoms with E-state index in [1.54, 1.807) is 6.92 Å². The van der Waals surface area contributed by atoms with Crippen LogP contribution in [0.2, 0.25) is 5.02 Å². The highest BCUT2D eigenvalue weighted by molar-refractivity contribution is 6.37. The minimum atomic E-state index is -4.74. The van der Waals surface area contributed by atoms with Gasteiger partial charge in [0.15, 0.2) is 17.0 Å². The smallest absolute Gasteiger partial charge is 0.350 e. The van der Waals surface area contributed by atoms with Gasteiger partial charge in [-0.3, -0.25) is 14.3 Å². The van der Waals surface area contributed by atoms with Gasteiger partial charge in [0, 0.05) is 25.0 Å². The predicted octanol–water partition coefficient (Wildman–Crippen LogP) is 3.56. The van der Waals surface area contributed by atoms with Crippen molar-refractivity contribution in [3.63, 3.8) is 0 Å². The van der Waals surface area contributed by atoms with E-state index < -0.39 is 29.4 Å². The third-order valence-electron chi connectivity index (χ3n) is 4.39. The van der Waals surface area contributed by atoms with E-state index in [9.17, 15) is 22.8 Å². The Hall–Kier alpha value is -3.15. The molecule has 2 N–H and O–H groups in total. The molecule has 0 aliphatic heterocycles. The molecule has 3 rings (SSSR count). The summed E-state index contributed by atoms with van der Waals surface area (Å²) in [5.74, 6) is -1.21. The molecule has 3 aromatic heterocycles. The zero-order chi connectivity index (χ0) is 23.8. The first-order valence-electron chi connectivity index (χ1n) is 9.72. The first-order chi connectivity index (χ1) is 14.9. The molecule has 0 unspecified atom stereocenters. The number of carbonyl (C=O) groups is 2. The summed E-state index contributed by atoms with van der Waals surface area (Å²) in [7, 11) is 0. The number of carbonyl (C=O) groups excluding carboxylic acids is 2. The SMILES string of the molecule is CCn1cc(NC(=O)c2nn3c(C(F)(F)F)cc(C)nc3c2Cl)c(C(=O)NCC(C)C)n1. The number of halogens is 4. The summed E-state index contributed by atoms with van der Waals surface area (Å²) in [5.41, 5.74) is -1.78. The van der Waals surface area contributed by atoms with Crippen LogP contribution in [0.5, 0.6) is 0 Å². The van der Waals surface area contributed by atoms with Crippen molar-refractivity contribution in [1.29, 1.82) is 0 Å². The second-order valence-electron chi connectivity index (χ2n) is 7.48. The van der Waals surface area contributed by atoms with Gasteiger partial charge in [-0.25, -0.2) is 9.50 Å². The molecular weight excluding hydrogens is 451 g/mol. The van der Waals surface area contributed by atoms with Crippen molar-refractivity contribution in [2.45, 2.75) is 40.4 Å². The third-order valence-corrected chi connectivity index (χ3v) is 4.73. The summed E-state index contributed by atoms with van der Waals surface area (Å²) in [6, 6.07) is 0.806. The first kappa shape index (κ1) is 23.5. The summed E-state index contributed by atoms with van der Waals surface area (Å²) in [4.78, 5) is 29.3. The van der Waals surface area contributed by atoms with E-state index in [-0.39, 0.29) is 33.7 Å². The molecule has 0 aliphatic carbocycles. The zero-order valence-corrected chi connectivity index (χ0v) is 18.5. The number of aryl methyl sites for hydroxylation is 2. The van der Waals surface area contributed by atoms with Gasteiger partial charge in [0.05, 0.1) is 5.69 Å². The van der Waals surface area contributed by atoms with Crippen LogP contribution < -0.4 is 10.6 Å². The van der Waals surface area contributed by atoms with Crippen molar-refractivity contribution in [2.24, 2.45) is 5.92 Å². The average Bonchev–Trinajstić information content (AvgIpc) is 3.26. The van der Waals surface area contributed by atoms with Crippen LogP contribution in [0.25, 0.3) is 5.65 Å². The molecule has 0 spiro atoms. The fourth-order valence-corrected chi connectivity index (χ4v) is 3.11. The number of hydrogen-bond donors (Lipinski definition) is 2. The van der Waals surface area contributed by atoms with Gasteiger partial charge < -0.3 is 10.6 Å². The monoisotopic (exact) mass is 471 g/mol. The van der Waals surface area contributed by atoms with Crippen molar-refractivity contribution in [1.82, 2.24) is 29.7 Å². The second kappa shape index (κ2) is 8.77. The number of nitrogens with zero attached hydrogens (tertiary/aromatic N) is 5. The number of nitrogens with one attached hydrogen (secondary N) is 2. The van der Waals surface area contributed by atoms with Crippen molar-refractivity contribution in [3.05, 3.63) is 40.1 Å². The van der Waals surface area contributed by atoms with Crippen LogP contribution in [0, 0.1) is 12.8 Å². The van der Waals surface area contributed by atoms with E-state index >= 15 is 0 Å². The summed E-state index contributed by atoms with van der Waals surface area (Å²) in [6.45, 7) is 7.83. The number of hydrogen-bond acceptors (Lipinski definition) is 5. The molecule has 2 amide bonds. The lowest BCUT2D eigenvalue weighted by Crippen LogP contribution is -2.29. The molecule has 0 saturated carbocycles. The lowest BCUT2D eigenvalue weighted by atomic mass is 10.2. The molecule has 9 nitrogen and oxygen atoms in total. The van der Waals surface area contributed by atoms with E-state index in [0.29, 0.717) is 17.6 Å². The van der Waals surface area contributed by atoms with Crippen LogP contribution in [-0.2, 0) is 12.7 Å². The van der Waals surface area contributed by atoms with Gasteiger partial charge in [-0.1, -0.05) is 25.4 Å². The summed E-state index contributed by atoms with van der Waals surface area (Å²) in [5, 5.41) is 12.7. The Labute approximate surface area is 185 Å². The molecule has 32 heavy (non-hydrogen) atoms. The number of alkyl halides is 3. The number of rotatable bonds is 6. The fraction of sp³-hybridized carbons (Fsp3) is 0.421. The molecule has 0 atom stereocenters. The number of amides is 2. The van der Waals surface area contributed by atoms with E-state index in [2.05, 4.69) is 25.8 Å². The van der Waals surface area contributed by atoms with Gasteiger partial charge in [-0.2, -0.15) is 23.4 Å². The van der Waals surface area contributed by atoms with Crippen molar-refractivity contribution in [3.8, 4) is 0 Å². The van der Waals surface area contributed by atoms with Crippen molar-refractivity contribution >= 4 is 34.7 Å². The van der Waals surface area contributed by atoms with Crippen molar-refractivity contribution in [2.75, 3.05) is 11.9 Å². The maximum atomic E-state index is 13.4.